The van der Waals surface area contributed by atoms with E-state index in [1.807, 2.05) is 30.3 Å². The Morgan fingerprint density at radius 3 is 2.82 bits per heavy atom. The average molecular weight is 341 g/mol. The Bertz CT molecular complexity index is 402. The van der Waals surface area contributed by atoms with E-state index in [2.05, 4.69) is 40.1 Å². The highest BCUT2D eigenvalue weighted by atomic mass is 127. The largest absolute Gasteiger partial charge is 0.351 e. The molecule has 1 N–H and O–H groups in total. The standard InChI is InChI=1S/C14H16INO/c15-13(12-8-4-5-9-12)14(17)16-10-11-6-2-1-3-7-11/h1-4,6-8,12-13H,5,9-10H2,(H,16,17)/t12-,13+/m0/s1. The second-order valence-corrected chi connectivity index (χ2v) is 5.62. The molecule has 0 heterocycles. The number of hydrogen-bond donors (Lipinski definition) is 1. The van der Waals surface area contributed by atoms with Gasteiger partial charge in [-0.3, -0.25) is 4.79 Å². The molecule has 0 aliphatic heterocycles. The Morgan fingerprint density at radius 2 is 2.18 bits per heavy atom. The van der Waals surface area contributed by atoms with Gasteiger partial charge in [-0.05, 0) is 24.3 Å². The van der Waals surface area contributed by atoms with E-state index in [0.717, 1.165) is 18.4 Å². The third-order valence-electron chi connectivity index (χ3n) is 2.99. The van der Waals surface area contributed by atoms with Crippen molar-refractivity contribution in [2.24, 2.45) is 5.92 Å². The van der Waals surface area contributed by atoms with Crippen LogP contribution >= 0.6 is 22.6 Å². The van der Waals surface area contributed by atoms with Crippen LogP contribution < -0.4 is 5.32 Å². The van der Waals surface area contributed by atoms with Crippen molar-refractivity contribution < 1.29 is 4.79 Å². The zero-order valence-corrected chi connectivity index (χ0v) is 11.8. The van der Waals surface area contributed by atoms with Crippen LogP contribution in [0.3, 0.4) is 0 Å². The van der Waals surface area contributed by atoms with Gasteiger partial charge < -0.3 is 5.32 Å². The van der Waals surface area contributed by atoms with E-state index in [9.17, 15) is 4.79 Å². The van der Waals surface area contributed by atoms with Crippen molar-refractivity contribution in [1.29, 1.82) is 0 Å². The van der Waals surface area contributed by atoms with Gasteiger partial charge in [-0.1, -0.05) is 65.1 Å². The molecule has 0 bridgehead atoms. The van der Waals surface area contributed by atoms with Gasteiger partial charge in [0.15, 0.2) is 0 Å². The van der Waals surface area contributed by atoms with Gasteiger partial charge in [0.2, 0.25) is 5.91 Å². The monoisotopic (exact) mass is 341 g/mol. The highest BCUT2D eigenvalue weighted by Crippen LogP contribution is 2.26. The summed E-state index contributed by atoms with van der Waals surface area (Å²) in [6.07, 6.45) is 6.54. The summed E-state index contributed by atoms with van der Waals surface area (Å²) in [7, 11) is 0. The first kappa shape index (κ1) is 12.6. The number of alkyl halides is 1. The van der Waals surface area contributed by atoms with E-state index >= 15 is 0 Å². The van der Waals surface area contributed by atoms with Crippen molar-refractivity contribution in [3.05, 3.63) is 48.0 Å². The van der Waals surface area contributed by atoms with Crippen LogP contribution in [0.25, 0.3) is 0 Å². The zero-order chi connectivity index (χ0) is 12.1. The van der Waals surface area contributed by atoms with Crippen molar-refractivity contribution in [3.63, 3.8) is 0 Å². The van der Waals surface area contributed by atoms with Crippen LogP contribution in [0.1, 0.15) is 18.4 Å². The van der Waals surface area contributed by atoms with Crippen LogP contribution in [0.4, 0.5) is 0 Å². The van der Waals surface area contributed by atoms with Gasteiger partial charge >= 0.3 is 0 Å². The molecule has 2 atom stereocenters. The number of nitrogens with one attached hydrogen (secondary N) is 1. The summed E-state index contributed by atoms with van der Waals surface area (Å²) in [5.74, 6) is 0.553. The topological polar surface area (TPSA) is 29.1 Å². The summed E-state index contributed by atoms with van der Waals surface area (Å²) >= 11 is 2.25. The van der Waals surface area contributed by atoms with Crippen LogP contribution in [0.5, 0.6) is 0 Å². The molecular weight excluding hydrogens is 325 g/mol. The van der Waals surface area contributed by atoms with Crippen molar-refractivity contribution in [1.82, 2.24) is 5.32 Å². The van der Waals surface area contributed by atoms with Gasteiger partial charge in [0.25, 0.3) is 0 Å². The molecule has 3 heteroatoms. The summed E-state index contributed by atoms with van der Waals surface area (Å²) in [6.45, 7) is 0.621. The average Bonchev–Trinajstić information content (AvgIpc) is 2.90. The van der Waals surface area contributed by atoms with E-state index in [1.54, 1.807) is 0 Å². The first-order valence-electron chi connectivity index (χ1n) is 5.90. The highest BCUT2D eigenvalue weighted by molar-refractivity contribution is 14.1. The minimum Gasteiger partial charge on any atom is -0.351 e. The Labute approximate surface area is 116 Å². The molecule has 1 aliphatic carbocycles. The summed E-state index contributed by atoms with van der Waals surface area (Å²) in [6, 6.07) is 10.0. The van der Waals surface area contributed by atoms with E-state index < -0.39 is 0 Å². The Balaban J connectivity index is 1.83. The lowest BCUT2D eigenvalue weighted by atomic mass is 10.0. The lowest BCUT2D eigenvalue weighted by molar-refractivity contribution is -0.120. The van der Waals surface area contributed by atoms with Crippen LogP contribution in [-0.2, 0) is 11.3 Å². The van der Waals surface area contributed by atoms with Gasteiger partial charge in [-0.15, -0.1) is 0 Å². The maximum absolute atomic E-state index is 12.0. The van der Waals surface area contributed by atoms with E-state index in [1.165, 1.54) is 0 Å². The zero-order valence-electron chi connectivity index (χ0n) is 9.60. The first-order valence-corrected chi connectivity index (χ1v) is 7.14. The Morgan fingerprint density at radius 1 is 1.41 bits per heavy atom. The molecule has 90 valence electrons. The number of amides is 1. The lowest BCUT2D eigenvalue weighted by Crippen LogP contribution is -2.34. The maximum atomic E-state index is 12.0. The quantitative estimate of drug-likeness (QED) is 0.509. The molecule has 0 saturated carbocycles. The number of rotatable bonds is 4. The SMILES string of the molecule is O=C(NCc1ccccc1)[C@H](I)[C@H]1C=CCC1. The Kier molecular flexibility index (Phi) is 4.59. The molecule has 0 spiro atoms. The van der Waals surface area contributed by atoms with Gasteiger partial charge in [-0.2, -0.15) is 0 Å². The lowest BCUT2D eigenvalue weighted by Gasteiger charge is -2.15. The summed E-state index contributed by atoms with van der Waals surface area (Å²) in [5.41, 5.74) is 1.14. The van der Waals surface area contributed by atoms with Crippen molar-refractivity contribution >= 4 is 28.5 Å². The van der Waals surface area contributed by atoms with Gasteiger partial charge in [0.1, 0.15) is 0 Å². The number of carbonyl (C=O) groups excluding carboxylic acids is 1. The molecular formula is C14H16INO. The minimum absolute atomic E-state index is 0.0510. The minimum atomic E-state index is 0.0510. The van der Waals surface area contributed by atoms with Crippen LogP contribution in [0.15, 0.2) is 42.5 Å². The molecule has 1 aliphatic rings. The fourth-order valence-corrected chi connectivity index (χ4v) is 2.80. The predicted molar refractivity (Wildman–Crippen MR) is 78.0 cm³/mol. The highest BCUT2D eigenvalue weighted by Gasteiger charge is 2.24. The number of allylic oxidation sites excluding steroid dienone is 2. The number of carbonyl (C=O) groups is 1. The molecule has 1 aromatic carbocycles. The van der Waals surface area contributed by atoms with Crippen LogP contribution in [-0.4, -0.2) is 9.83 Å². The molecule has 2 rings (SSSR count). The van der Waals surface area contributed by atoms with Gasteiger partial charge in [-0.25, -0.2) is 0 Å². The number of halogens is 1. The second kappa shape index (κ2) is 6.19. The van der Waals surface area contributed by atoms with E-state index in [-0.39, 0.29) is 9.83 Å². The molecule has 0 radical (unpaired) electrons. The molecule has 0 fully saturated rings. The fraction of sp³-hybridized carbons (Fsp3) is 0.357. The molecule has 17 heavy (non-hydrogen) atoms. The molecule has 1 amide bonds. The van der Waals surface area contributed by atoms with Gasteiger partial charge in [0.05, 0.1) is 3.92 Å². The normalized spacial score (nSPS) is 20.2. The summed E-state index contributed by atoms with van der Waals surface area (Å²) < 4.78 is 0.0510. The van der Waals surface area contributed by atoms with Crippen molar-refractivity contribution in [2.75, 3.05) is 0 Å². The van der Waals surface area contributed by atoms with Gasteiger partial charge in [0, 0.05) is 6.54 Å². The molecule has 0 unspecified atom stereocenters. The number of benzene rings is 1. The summed E-state index contributed by atoms with van der Waals surface area (Å²) in [4.78, 5) is 12.0. The fourth-order valence-electron chi connectivity index (χ4n) is 1.98. The first-order chi connectivity index (χ1) is 8.27. The van der Waals surface area contributed by atoms with Crippen molar-refractivity contribution in [3.8, 4) is 0 Å². The molecule has 1 aromatic rings. The second-order valence-electron chi connectivity index (χ2n) is 4.27. The molecule has 2 nitrogen and oxygen atoms in total. The Hall–Kier alpha value is -0.840. The van der Waals surface area contributed by atoms with Crippen LogP contribution in [0, 0.1) is 5.92 Å². The van der Waals surface area contributed by atoms with E-state index in [4.69, 9.17) is 0 Å². The van der Waals surface area contributed by atoms with Crippen molar-refractivity contribution in [2.45, 2.75) is 23.3 Å². The predicted octanol–water partition coefficient (Wildman–Crippen LogP) is 3.07. The maximum Gasteiger partial charge on any atom is 0.233 e. The summed E-state index contributed by atoms with van der Waals surface area (Å²) in [5, 5.41) is 3.00. The van der Waals surface area contributed by atoms with E-state index in [0.29, 0.717) is 12.5 Å². The molecule has 0 aromatic heterocycles. The third kappa shape index (κ3) is 3.56. The van der Waals surface area contributed by atoms with Crippen LogP contribution in [0.2, 0.25) is 0 Å². The molecule has 0 saturated heterocycles. The number of hydrogen-bond acceptors (Lipinski definition) is 1. The smallest absolute Gasteiger partial charge is 0.233 e. The third-order valence-corrected chi connectivity index (χ3v) is 4.48.